The summed E-state index contributed by atoms with van der Waals surface area (Å²) in [6, 6.07) is 4.93. The van der Waals surface area contributed by atoms with Crippen LogP contribution in [0.15, 0.2) is 36.9 Å². The maximum Gasteiger partial charge on any atom is 0.317 e. The van der Waals surface area contributed by atoms with E-state index in [-0.39, 0.29) is 18.3 Å². The number of benzene rings is 1. The van der Waals surface area contributed by atoms with Crippen LogP contribution in [0.25, 0.3) is 0 Å². The molecule has 25 heavy (non-hydrogen) atoms. The lowest BCUT2D eigenvalue weighted by Crippen LogP contribution is -2.34. The van der Waals surface area contributed by atoms with Crippen molar-refractivity contribution in [2.75, 3.05) is 5.75 Å². The van der Waals surface area contributed by atoms with E-state index in [0.29, 0.717) is 22.0 Å². The van der Waals surface area contributed by atoms with Gasteiger partial charge in [-0.1, -0.05) is 42.6 Å². The minimum Gasteiger partial charge on any atom is -0.391 e. The van der Waals surface area contributed by atoms with Crippen LogP contribution in [0.5, 0.6) is 0 Å². The highest BCUT2D eigenvalue weighted by molar-refractivity contribution is 7.95. The molecule has 0 bridgehead atoms. The molecule has 0 saturated heterocycles. The summed E-state index contributed by atoms with van der Waals surface area (Å²) in [7, 11) is 0. The Kier molecular flexibility index (Phi) is 7.62. The Morgan fingerprint density at radius 1 is 1.44 bits per heavy atom. The number of carbonyl (C=O) groups excluding carboxylic acids is 1. The van der Waals surface area contributed by atoms with E-state index in [0.717, 1.165) is 24.9 Å². The van der Waals surface area contributed by atoms with Gasteiger partial charge in [0.2, 0.25) is 0 Å². The first-order valence-electron chi connectivity index (χ1n) is 7.90. The number of rotatable bonds is 9. The molecule has 8 heteroatoms. The molecular formula is C17H20Cl2N2O3S. The molecule has 0 amide bonds. The Bertz CT molecular complexity index is 697. The number of halogens is 2. The highest BCUT2D eigenvalue weighted by Crippen LogP contribution is 2.34. The Hall–Kier alpha value is -1.21. The van der Waals surface area contributed by atoms with Crippen LogP contribution in [0.3, 0.4) is 0 Å². The third-order valence-corrected chi connectivity index (χ3v) is 5.07. The van der Waals surface area contributed by atoms with Gasteiger partial charge in [0, 0.05) is 34.4 Å². The van der Waals surface area contributed by atoms with Crippen LogP contribution in [0, 0.1) is 0 Å². The van der Waals surface area contributed by atoms with E-state index in [1.54, 1.807) is 41.5 Å². The summed E-state index contributed by atoms with van der Waals surface area (Å²) < 4.78 is 6.91. The Labute approximate surface area is 161 Å². The molecule has 136 valence electrons. The van der Waals surface area contributed by atoms with Crippen molar-refractivity contribution in [2.45, 2.75) is 38.3 Å². The van der Waals surface area contributed by atoms with Crippen molar-refractivity contribution in [3.63, 3.8) is 0 Å². The number of aromatic nitrogens is 2. The average Bonchev–Trinajstić information content (AvgIpc) is 3.05. The number of carbonyl (C=O) groups is 1. The third-order valence-electron chi connectivity index (χ3n) is 3.62. The molecule has 2 rings (SSSR count). The van der Waals surface area contributed by atoms with Crippen LogP contribution in [-0.2, 0) is 21.1 Å². The fourth-order valence-corrected chi connectivity index (χ4v) is 3.61. The van der Waals surface area contributed by atoms with Gasteiger partial charge in [-0.05, 0) is 18.6 Å². The second-order valence-corrected chi connectivity index (χ2v) is 7.25. The second-order valence-electron chi connectivity index (χ2n) is 5.71. The number of nitrogens with zero attached hydrogens (tertiary/aromatic N) is 2. The number of imidazole rings is 1. The van der Waals surface area contributed by atoms with Gasteiger partial charge in [-0.25, -0.2) is 4.98 Å². The van der Waals surface area contributed by atoms with E-state index in [9.17, 15) is 9.90 Å². The predicted molar refractivity (Wildman–Crippen MR) is 101 cm³/mol. The molecule has 0 aliphatic carbocycles. The molecule has 5 nitrogen and oxygen atoms in total. The SMILES string of the molecule is CCCCC(=O)OSCC(O)(Cn1ccnc1)c1ccc(Cl)cc1Cl. The molecule has 1 aromatic carbocycles. The van der Waals surface area contributed by atoms with Gasteiger partial charge < -0.3 is 13.9 Å². The van der Waals surface area contributed by atoms with Crippen LogP contribution >= 0.6 is 35.2 Å². The summed E-state index contributed by atoms with van der Waals surface area (Å²) in [4.78, 5) is 15.7. The fourth-order valence-electron chi connectivity index (χ4n) is 2.31. The van der Waals surface area contributed by atoms with Crippen LogP contribution in [0.2, 0.25) is 10.0 Å². The van der Waals surface area contributed by atoms with Crippen LogP contribution in [0.4, 0.5) is 0 Å². The van der Waals surface area contributed by atoms with Crippen molar-refractivity contribution in [3.05, 3.63) is 52.5 Å². The maximum atomic E-state index is 11.7. The summed E-state index contributed by atoms with van der Waals surface area (Å²) in [6.07, 6.45) is 7.04. The Balaban J connectivity index is 2.13. The van der Waals surface area contributed by atoms with Crippen molar-refractivity contribution in [1.29, 1.82) is 0 Å². The molecular weight excluding hydrogens is 383 g/mol. The molecule has 1 heterocycles. The van der Waals surface area contributed by atoms with E-state index >= 15 is 0 Å². The standard InChI is InChI=1S/C17H20Cl2N2O3S/c1-2-3-4-16(22)24-25-11-17(23,10-21-8-7-20-12-21)14-6-5-13(18)9-15(14)19/h5-9,12,23H,2-4,10-11H2,1H3. The molecule has 0 fully saturated rings. The molecule has 0 aliphatic heterocycles. The maximum absolute atomic E-state index is 11.7. The lowest BCUT2D eigenvalue weighted by molar-refractivity contribution is -0.133. The largest absolute Gasteiger partial charge is 0.391 e. The molecule has 1 N–H and O–H groups in total. The highest BCUT2D eigenvalue weighted by atomic mass is 35.5. The van der Waals surface area contributed by atoms with E-state index in [1.165, 1.54) is 0 Å². The Morgan fingerprint density at radius 3 is 2.88 bits per heavy atom. The molecule has 1 atom stereocenters. The molecule has 2 aromatic rings. The molecule has 0 aliphatic rings. The number of aliphatic hydroxyl groups is 1. The quantitative estimate of drug-likeness (QED) is 0.627. The number of unbranched alkanes of at least 4 members (excludes halogenated alkanes) is 1. The Morgan fingerprint density at radius 2 is 2.24 bits per heavy atom. The van der Waals surface area contributed by atoms with Crippen molar-refractivity contribution >= 4 is 41.2 Å². The van der Waals surface area contributed by atoms with Gasteiger partial charge in [0.15, 0.2) is 0 Å². The fraction of sp³-hybridized carbons (Fsp3) is 0.412. The summed E-state index contributed by atoms with van der Waals surface area (Å²) in [5.74, 6) is -0.163. The summed E-state index contributed by atoms with van der Waals surface area (Å²) in [5, 5.41) is 12.1. The lowest BCUT2D eigenvalue weighted by Gasteiger charge is -2.29. The van der Waals surface area contributed by atoms with Gasteiger partial charge >= 0.3 is 5.97 Å². The summed E-state index contributed by atoms with van der Waals surface area (Å²) in [6.45, 7) is 2.22. The van der Waals surface area contributed by atoms with Crippen LogP contribution in [-0.4, -0.2) is 26.4 Å². The first-order valence-corrected chi connectivity index (χ1v) is 9.57. The number of hydrogen-bond acceptors (Lipinski definition) is 5. The minimum atomic E-state index is -1.35. The van der Waals surface area contributed by atoms with E-state index in [1.807, 2.05) is 6.92 Å². The van der Waals surface area contributed by atoms with Gasteiger partial charge in [0.05, 0.1) is 30.7 Å². The smallest absolute Gasteiger partial charge is 0.317 e. The first-order chi connectivity index (χ1) is 11.9. The van der Waals surface area contributed by atoms with Crippen LogP contribution < -0.4 is 0 Å². The van der Waals surface area contributed by atoms with Crippen LogP contribution in [0.1, 0.15) is 31.7 Å². The van der Waals surface area contributed by atoms with Gasteiger partial charge in [-0.3, -0.25) is 4.79 Å². The average molecular weight is 403 g/mol. The lowest BCUT2D eigenvalue weighted by atomic mass is 9.95. The highest BCUT2D eigenvalue weighted by Gasteiger charge is 2.33. The number of hydrogen-bond donors (Lipinski definition) is 1. The zero-order chi connectivity index (χ0) is 18.3. The normalized spacial score (nSPS) is 13.4. The van der Waals surface area contributed by atoms with E-state index < -0.39 is 5.60 Å². The van der Waals surface area contributed by atoms with Crippen molar-refractivity contribution in [2.24, 2.45) is 0 Å². The van der Waals surface area contributed by atoms with E-state index in [4.69, 9.17) is 27.4 Å². The van der Waals surface area contributed by atoms with Crippen molar-refractivity contribution in [1.82, 2.24) is 9.55 Å². The van der Waals surface area contributed by atoms with E-state index in [2.05, 4.69) is 4.98 Å². The molecule has 1 aromatic heterocycles. The van der Waals surface area contributed by atoms with Gasteiger partial charge in [-0.2, -0.15) is 0 Å². The molecule has 0 spiro atoms. The summed E-state index contributed by atoms with van der Waals surface area (Å²) in [5.41, 5.74) is -0.831. The predicted octanol–water partition coefficient (Wildman–Crippen LogP) is 4.46. The molecule has 0 saturated carbocycles. The van der Waals surface area contributed by atoms with Gasteiger partial charge in [0.25, 0.3) is 0 Å². The van der Waals surface area contributed by atoms with Gasteiger partial charge in [-0.15, -0.1) is 0 Å². The van der Waals surface area contributed by atoms with Crippen molar-refractivity contribution in [3.8, 4) is 0 Å². The monoisotopic (exact) mass is 402 g/mol. The second kappa shape index (κ2) is 9.48. The first kappa shape index (κ1) is 20.1. The topological polar surface area (TPSA) is 64.3 Å². The molecule has 1 unspecified atom stereocenters. The zero-order valence-electron chi connectivity index (χ0n) is 13.8. The minimum absolute atomic E-state index is 0.129. The molecule has 0 radical (unpaired) electrons. The summed E-state index contributed by atoms with van der Waals surface area (Å²) >= 11 is 13.1. The van der Waals surface area contributed by atoms with Crippen molar-refractivity contribution < 1.29 is 14.1 Å². The zero-order valence-corrected chi connectivity index (χ0v) is 16.2. The third kappa shape index (κ3) is 5.92. The van der Waals surface area contributed by atoms with Gasteiger partial charge in [0.1, 0.15) is 5.60 Å².